The molecule has 0 radical (unpaired) electrons. The number of halogens is 1. The zero-order valence-corrected chi connectivity index (χ0v) is 17.3. The lowest BCUT2D eigenvalue weighted by atomic mass is 9.77. The van der Waals surface area contributed by atoms with Crippen molar-refractivity contribution in [2.24, 2.45) is 0 Å². The molecule has 27 heavy (non-hydrogen) atoms. The second kappa shape index (κ2) is 7.56. The summed E-state index contributed by atoms with van der Waals surface area (Å²) in [7, 11) is 0. The number of aromatic nitrogens is 2. The second-order valence-electron chi connectivity index (χ2n) is 7.77. The Bertz CT molecular complexity index is 913. The van der Waals surface area contributed by atoms with Gasteiger partial charge in [-0.25, -0.2) is 4.68 Å². The van der Waals surface area contributed by atoms with Gasteiger partial charge in [-0.1, -0.05) is 41.9 Å². The van der Waals surface area contributed by atoms with Crippen LogP contribution in [0.1, 0.15) is 45.2 Å². The summed E-state index contributed by atoms with van der Waals surface area (Å²) in [4.78, 5) is 24.8. The molecule has 1 aromatic heterocycles. The van der Waals surface area contributed by atoms with Gasteiger partial charge in [-0.2, -0.15) is 5.10 Å². The summed E-state index contributed by atoms with van der Waals surface area (Å²) in [5.41, 5.74) is 1.44. The van der Waals surface area contributed by atoms with Crippen LogP contribution in [-0.2, 0) is 11.3 Å². The maximum absolute atomic E-state index is 12.5. The van der Waals surface area contributed by atoms with Crippen LogP contribution in [0.15, 0.2) is 39.6 Å². The molecule has 1 amide bonds. The van der Waals surface area contributed by atoms with Crippen molar-refractivity contribution in [2.45, 2.75) is 57.7 Å². The molecular formula is C20H24BrN3O3. The van der Waals surface area contributed by atoms with Crippen LogP contribution in [0, 0.1) is 0 Å². The van der Waals surface area contributed by atoms with Crippen LogP contribution in [0.25, 0.3) is 11.1 Å². The SMILES string of the molecule is CC(C)c1nn(CC(=O)NC2CC(C)(O)C2)c(=O)cc1-c1cccc(Br)c1. The van der Waals surface area contributed by atoms with Crippen molar-refractivity contribution in [3.8, 4) is 11.1 Å². The average Bonchev–Trinajstić information content (AvgIpc) is 2.54. The predicted molar refractivity (Wildman–Crippen MR) is 108 cm³/mol. The molecule has 3 rings (SSSR count). The molecule has 1 saturated carbocycles. The molecule has 0 spiro atoms. The Labute approximate surface area is 166 Å². The number of hydrogen-bond acceptors (Lipinski definition) is 4. The highest BCUT2D eigenvalue weighted by molar-refractivity contribution is 9.10. The smallest absolute Gasteiger partial charge is 0.267 e. The van der Waals surface area contributed by atoms with Crippen molar-refractivity contribution >= 4 is 21.8 Å². The van der Waals surface area contributed by atoms with Gasteiger partial charge in [0.1, 0.15) is 6.54 Å². The Hall–Kier alpha value is -1.99. The number of rotatable bonds is 5. The second-order valence-corrected chi connectivity index (χ2v) is 8.69. The van der Waals surface area contributed by atoms with Crippen LogP contribution in [0.4, 0.5) is 0 Å². The van der Waals surface area contributed by atoms with E-state index < -0.39 is 5.60 Å². The zero-order valence-electron chi connectivity index (χ0n) is 15.7. The Morgan fingerprint density at radius 2 is 2.11 bits per heavy atom. The van der Waals surface area contributed by atoms with Gasteiger partial charge in [0.25, 0.3) is 5.56 Å². The fourth-order valence-electron chi connectivity index (χ4n) is 3.45. The third-order valence-corrected chi connectivity index (χ3v) is 5.23. The Balaban J connectivity index is 1.84. The van der Waals surface area contributed by atoms with Crippen molar-refractivity contribution in [3.05, 3.63) is 50.9 Å². The third kappa shape index (κ3) is 4.65. The van der Waals surface area contributed by atoms with Crippen LogP contribution in [0.5, 0.6) is 0 Å². The first kappa shape index (κ1) is 19.8. The van der Waals surface area contributed by atoms with Crippen LogP contribution >= 0.6 is 15.9 Å². The summed E-state index contributed by atoms with van der Waals surface area (Å²) < 4.78 is 2.14. The zero-order chi connectivity index (χ0) is 19.8. The van der Waals surface area contributed by atoms with Crippen LogP contribution in [0.3, 0.4) is 0 Å². The molecule has 0 unspecified atom stereocenters. The first-order chi connectivity index (χ1) is 12.6. The molecule has 1 heterocycles. The largest absolute Gasteiger partial charge is 0.390 e. The molecule has 2 aromatic rings. The summed E-state index contributed by atoms with van der Waals surface area (Å²) in [6.07, 6.45) is 1.06. The minimum atomic E-state index is -0.705. The van der Waals surface area contributed by atoms with Gasteiger partial charge >= 0.3 is 0 Å². The lowest BCUT2D eigenvalue weighted by Gasteiger charge is -2.41. The average molecular weight is 434 g/mol. The van der Waals surface area contributed by atoms with Crippen molar-refractivity contribution < 1.29 is 9.90 Å². The molecule has 1 aliphatic carbocycles. The Morgan fingerprint density at radius 3 is 2.70 bits per heavy atom. The Kier molecular flexibility index (Phi) is 5.53. The van der Waals surface area contributed by atoms with E-state index in [4.69, 9.17) is 0 Å². The van der Waals surface area contributed by atoms with Crippen molar-refractivity contribution in [3.63, 3.8) is 0 Å². The van der Waals surface area contributed by atoms with Gasteiger partial charge in [-0.05, 0) is 43.4 Å². The van der Waals surface area contributed by atoms with E-state index in [2.05, 4.69) is 26.3 Å². The molecule has 1 aromatic carbocycles. The quantitative estimate of drug-likeness (QED) is 0.758. The standard InChI is InChI=1S/C20H24BrN3O3/c1-12(2)19-16(13-5-4-6-14(21)7-13)8-18(26)24(23-19)11-17(25)22-15-9-20(3,27)10-15/h4-8,12,15,27H,9-11H2,1-3H3,(H,22,25). The molecule has 144 valence electrons. The van der Waals surface area contributed by atoms with Crippen LogP contribution < -0.4 is 10.9 Å². The number of nitrogens with one attached hydrogen (secondary N) is 1. The molecule has 2 N–H and O–H groups in total. The first-order valence-corrected chi connectivity index (χ1v) is 9.84. The molecule has 0 bridgehead atoms. The molecule has 0 atom stereocenters. The van der Waals surface area contributed by atoms with E-state index in [1.807, 2.05) is 38.1 Å². The number of carbonyl (C=O) groups excluding carboxylic acids is 1. The van der Waals surface area contributed by atoms with Crippen LogP contribution in [-0.4, -0.2) is 32.4 Å². The maximum Gasteiger partial charge on any atom is 0.267 e. The number of carbonyl (C=O) groups is 1. The highest BCUT2D eigenvalue weighted by atomic mass is 79.9. The topological polar surface area (TPSA) is 84.2 Å². The van der Waals surface area contributed by atoms with E-state index in [0.29, 0.717) is 12.8 Å². The number of benzene rings is 1. The summed E-state index contributed by atoms with van der Waals surface area (Å²) in [5.74, 6) is -0.175. The molecule has 0 aliphatic heterocycles. The van der Waals surface area contributed by atoms with E-state index in [1.54, 1.807) is 13.0 Å². The lowest BCUT2D eigenvalue weighted by Crippen LogP contribution is -2.54. The number of amides is 1. The van der Waals surface area contributed by atoms with Crippen LogP contribution in [0.2, 0.25) is 0 Å². The lowest BCUT2D eigenvalue weighted by molar-refractivity contribution is -0.125. The fraction of sp³-hybridized carbons (Fsp3) is 0.450. The Morgan fingerprint density at radius 1 is 1.41 bits per heavy atom. The highest BCUT2D eigenvalue weighted by Gasteiger charge is 2.39. The van der Waals surface area contributed by atoms with Gasteiger partial charge < -0.3 is 10.4 Å². The maximum atomic E-state index is 12.5. The van der Waals surface area contributed by atoms with Gasteiger partial charge in [0.05, 0.1) is 11.3 Å². The van der Waals surface area contributed by atoms with E-state index in [0.717, 1.165) is 21.3 Å². The third-order valence-electron chi connectivity index (χ3n) is 4.74. The van der Waals surface area contributed by atoms with Crippen molar-refractivity contribution in [2.75, 3.05) is 0 Å². The summed E-state index contributed by atoms with van der Waals surface area (Å²) in [6.45, 7) is 5.64. The number of nitrogens with zero attached hydrogens (tertiary/aromatic N) is 2. The summed E-state index contributed by atoms with van der Waals surface area (Å²) in [5, 5.41) is 17.1. The van der Waals surface area contributed by atoms with Gasteiger partial charge in [-0.3, -0.25) is 9.59 Å². The predicted octanol–water partition coefficient (Wildman–Crippen LogP) is 2.83. The number of hydrogen-bond donors (Lipinski definition) is 2. The van der Waals surface area contributed by atoms with E-state index in [1.165, 1.54) is 4.68 Å². The highest BCUT2D eigenvalue weighted by Crippen LogP contribution is 2.31. The summed E-state index contributed by atoms with van der Waals surface area (Å²) >= 11 is 3.46. The van der Waals surface area contributed by atoms with E-state index >= 15 is 0 Å². The van der Waals surface area contributed by atoms with E-state index in [9.17, 15) is 14.7 Å². The summed E-state index contributed by atoms with van der Waals surface area (Å²) in [6, 6.07) is 9.22. The molecule has 6 nitrogen and oxygen atoms in total. The molecular weight excluding hydrogens is 410 g/mol. The van der Waals surface area contributed by atoms with Crippen molar-refractivity contribution in [1.29, 1.82) is 0 Å². The minimum absolute atomic E-state index is 0.0475. The van der Waals surface area contributed by atoms with Gasteiger partial charge in [0, 0.05) is 22.1 Å². The molecule has 7 heteroatoms. The van der Waals surface area contributed by atoms with E-state index in [-0.39, 0.29) is 30.0 Å². The van der Waals surface area contributed by atoms with Crippen molar-refractivity contribution in [1.82, 2.24) is 15.1 Å². The minimum Gasteiger partial charge on any atom is -0.390 e. The molecule has 1 fully saturated rings. The monoisotopic (exact) mass is 433 g/mol. The normalized spacial score (nSPS) is 21.8. The van der Waals surface area contributed by atoms with Gasteiger partial charge in [-0.15, -0.1) is 0 Å². The number of aliphatic hydroxyl groups is 1. The van der Waals surface area contributed by atoms with Gasteiger partial charge in [0.15, 0.2) is 0 Å². The first-order valence-electron chi connectivity index (χ1n) is 9.04. The van der Waals surface area contributed by atoms with Gasteiger partial charge in [0.2, 0.25) is 5.91 Å². The fourth-order valence-corrected chi connectivity index (χ4v) is 3.84. The molecule has 1 aliphatic rings. The molecule has 0 saturated heterocycles.